The van der Waals surface area contributed by atoms with Gasteiger partial charge in [-0.25, -0.2) is 5.43 Å². The van der Waals surface area contributed by atoms with Gasteiger partial charge in [-0.15, -0.1) is 0 Å². The summed E-state index contributed by atoms with van der Waals surface area (Å²) < 4.78 is 6.77. The maximum atomic E-state index is 12.7. The van der Waals surface area contributed by atoms with Crippen molar-refractivity contribution < 1.29 is 14.0 Å². The average molecular weight is 467 g/mol. The number of fused-ring (bicyclic) bond motifs is 1. The Morgan fingerprint density at radius 1 is 1.13 bits per heavy atom. The third-order valence-electron chi connectivity index (χ3n) is 4.85. The summed E-state index contributed by atoms with van der Waals surface area (Å²) in [7, 11) is 0. The van der Waals surface area contributed by atoms with Crippen LogP contribution in [0.15, 0.2) is 62.8 Å². The number of benzene rings is 1. The SMILES string of the molecule is Cc1c(C(=O)Nc2cccnc2)oc2c1/C(=N/NC(=O)c1ccc(Br)cc1)CCC2. The number of pyridine rings is 1. The molecule has 8 heteroatoms. The molecule has 2 heterocycles. The number of hydrogen-bond donors (Lipinski definition) is 2. The molecule has 0 bridgehead atoms. The normalized spacial score (nSPS) is 14.3. The number of anilines is 1. The summed E-state index contributed by atoms with van der Waals surface area (Å²) in [6.07, 6.45) is 5.45. The molecule has 1 aromatic carbocycles. The van der Waals surface area contributed by atoms with Gasteiger partial charge in [-0.1, -0.05) is 15.9 Å². The fourth-order valence-corrected chi connectivity index (χ4v) is 3.67. The molecule has 0 saturated carbocycles. The predicted molar refractivity (Wildman–Crippen MR) is 117 cm³/mol. The van der Waals surface area contributed by atoms with Gasteiger partial charge in [0, 0.05) is 33.8 Å². The molecule has 152 valence electrons. The molecule has 4 rings (SSSR count). The number of nitrogens with zero attached hydrogens (tertiary/aromatic N) is 2. The van der Waals surface area contributed by atoms with E-state index in [0.717, 1.165) is 22.9 Å². The highest BCUT2D eigenvalue weighted by atomic mass is 79.9. The van der Waals surface area contributed by atoms with Gasteiger partial charge in [0.1, 0.15) is 5.76 Å². The monoisotopic (exact) mass is 466 g/mol. The first-order chi connectivity index (χ1) is 14.5. The van der Waals surface area contributed by atoms with Crippen LogP contribution < -0.4 is 10.7 Å². The van der Waals surface area contributed by atoms with Gasteiger partial charge in [0.05, 0.1) is 17.6 Å². The lowest BCUT2D eigenvalue weighted by molar-refractivity contribution is 0.0953. The Morgan fingerprint density at radius 2 is 1.93 bits per heavy atom. The van der Waals surface area contributed by atoms with E-state index in [0.29, 0.717) is 34.7 Å². The highest BCUT2D eigenvalue weighted by Crippen LogP contribution is 2.30. The molecule has 7 nitrogen and oxygen atoms in total. The van der Waals surface area contributed by atoms with E-state index in [-0.39, 0.29) is 17.6 Å². The highest BCUT2D eigenvalue weighted by molar-refractivity contribution is 9.10. The topological polar surface area (TPSA) is 96.6 Å². The van der Waals surface area contributed by atoms with E-state index in [4.69, 9.17) is 4.42 Å². The molecule has 2 aromatic heterocycles. The van der Waals surface area contributed by atoms with Gasteiger partial charge < -0.3 is 9.73 Å². The Morgan fingerprint density at radius 3 is 2.67 bits per heavy atom. The quantitative estimate of drug-likeness (QED) is 0.554. The highest BCUT2D eigenvalue weighted by Gasteiger charge is 2.28. The van der Waals surface area contributed by atoms with Crippen LogP contribution in [0.4, 0.5) is 5.69 Å². The van der Waals surface area contributed by atoms with Crippen molar-refractivity contribution in [1.29, 1.82) is 0 Å². The number of aromatic nitrogens is 1. The van der Waals surface area contributed by atoms with Gasteiger partial charge in [0.15, 0.2) is 5.76 Å². The van der Waals surface area contributed by atoms with Crippen LogP contribution in [0.1, 0.15) is 50.6 Å². The second kappa shape index (κ2) is 8.62. The number of nitrogens with one attached hydrogen (secondary N) is 2. The lowest BCUT2D eigenvalue weighted by atomic mass is 9.93. The number of rotatable bonds is 4. The molecular weight excluding hydrogens is 448 g/mol. The number of hydrazone groups is 1. The molecule has 0 unspecified atom stereocenters. The van der Waals surface area contributed by atoms with Crippen molar-refractivity contribution in [2.45, 2.75) is 26.2 Å². The first-order valence-electron chi connectivity index (χ1n) is 9.49. The summed E-state index contributed by atoms with van der Waals surface area (Å²) in [5.41, 5.74) is 5.94. The summed E-state index contributed by atoms with van der Waals surface area (Å²) in [6, 6.07) is 10.5. The maximum Gasteiger partial charge on any atom is 0.291 e. The summed E-state index contributed by atoms with van der Waals surface area (Å²) in [5.74, 6) is 0.329. The summed E-state index contributed by atoms with van der Waals surface area (Å²) in [6.45, 7) is 1.83. The number of carbonyl (C=O) groups is 2. The molecule has 1 aliphatic rings. The van der Waals surface area contributed by atoms with E-state index in [1.165, 1.54) is 0 Å². The Bertz CT molecular complexity index is 1120. The zero-order valence-corrected chi connectivity index (χ0v) is 17.8. The van der Waals surface area contributed by atoms with E-state index in [1.807, 2.05) is 6.92 Å². The number of halogens is 1. The Balaban J connectivity index is 1.56. The van der Waals surface area contributed by atoms with E-state index >= 15 is 0 Å². The Hall–Kier alpha value is -3.26. The van der Waals surface area contributed by atoms with Crippen LogP contribution >= 0.6 is 15.9 Å². The number of hydrogen-bond acceptors (Lipinski definition) is 5. The lowest BCUT2D eigenvalue weighted by Gasteiger charge is -2.13. The van der Waals surface area contributed by atoms with Crippen molar-refractivity contribution in [3.05, 3.63) is 81.5 Å². The molecule has 3 aromatic rings. The third kappa shape index (κ3) is 4.18. The zero-order valence-electron chi connectivity index (χ0n) is 16.2. The second-order valence-electron chi connectivity index (χ2n) is 6.91. The van der Waals surface area contributed by atoms with Crippen LogP contribution in [0.3, 0.4) is 0 Å². The average Bonchev–Trinajstić information content (AvgIpc) is 3.10. The fraction of sp³-hybridized carbons (Fsp3) is 0.182. The van der Waals surface area contributed by atoms with E-state index in [2.05, 4.69) is 36.8 Å². The van der Waals surface area contributed by atoms with E-state index in [9.17, 15) is 9.59 Å². The number of aryl methyl sites for hydroxylation is 1. The van der Waals surface area contributed by atoms with E-state index in [1.54, 1.807) is 48.8 Å². The van der Waals surface area contributed by atoms with Gasteiger partial charge in [-0.3, -0.25) is 14.6 Å². The molecule has 0 fully saturated rings. The molecule has 0 radical (unpaired) electrons. The van der Waals surface area contributed by atoms with Crippen LogP contribution in [0.25, 0.3) is 0 Å². The zero-order chi connectivity index (χ0) is 21.1. The molecular formula is C22H19BrN4O3. The molecule has 2 N–H and O–H groups in total. The van der Waals surface area contributed by atoms with Crippen LogP contribution in [0.2, 0.25) is 0 Å². The van der Waals surface area contributed by atoms with Crippen molar-refractivity contribution in [2.24, 2.45) is 5.10 Å². The van der Waals surface area contributed by atoms with Crippen LogP contribution in [0.5, 0.6) is 0 Å². The summed E-state index contributed by atoms with van der Waals surface area (Å²) >= 11 is 3.35. The molecule has 0 aliphatic heterocycles. The minimum Gasteiger partial charge on any atom is -0.455 e. The first kappa shape index (κ1) is 20.0. The summed E-state index contributed by atoms with van der Waals surface area (Å²) in [5, 5.41) is 7.14. The van der Waals surface area contributed by atoms with Gasteiger partial charge in [-0.2, -0.15) is 5.10 Å². The van der Waals surface area contributed by atoms with Gasteiger partial charge >= 0.3 is 0 Å². The smallest absolute Gasteiger partial charge is 0.291 e. The van der Waals surface area contributed by atoms with Crippen molar-refractivity contribution >= 4 is 39.1 Å². The molecule has 0 saturated heterocycles. The molecule has 30 heavy (non-hydrogen) atoms. The molecule has 1 aliphatic carbocycles. The minimum absolute atomic E-state index is 0.248. The number of amides is 2. The van der Waals surface area contributed by atoms with Gasteiger partial charge in [-0.05, 0) is 56.2 Å². The Labute approximate surface area is 181 Å². The number of furan rings is 1. The molecule has 0 atom stereocenters. The van der Waals surface area contributed by atoms with Crippen LogP contribution in [-0.2, 0) is 6.42 Å². The standard InChI is InChI=1S/C22H19BrN4O3/c1-13-19-17(26-27-21(28)14-7-9-15(23)10-8-14)5-2-6-18(19)30-20(13)22(29)25-16-4-3-11-24-12-16/h3-4,7-12H,2,5-6H2,1H3,(H,25,29)(H,27,28)/b26-17+. The molecule has 0 spiro atoms. The predicted octanol–water partition coefficient (Wildman–Crippen LogP) is 4.47. The van der Waals surface area contributed by atoms with Crippen molar-refractivity contribution in [3.8, 4) is 0 Å². The number of carbonyl (C=O) groups excluding carboxylic acids is 2. The lowest BCUT2D eigenvalue weighted by Crippen LogP contribution is -2.22. The molecule has 2 amide bonds. The van der Waals surface area contributed by atoms with Gasteiger partial charge in [0.25, 0.3) is 11.8 Å². The second-order valence-corrected chi connectivity index (χ2v) is 7.83. The van der Waals surface area contributed by atoms with Crippen LogP contribution in [0, 0.1) is 6.92 Å². The third-order valence-corrected chi connectivity index (χ3v) is 5.38. The Kier molecular flexibility index (Phi) is 5.76. The van der Waals surface area contributed by atoms with Crippen LogP contribution in [-0.4, -0.2) is 22.5 Å². The van der Waals surface area contributed by atoms with Crippen molar-refractivity contribution in [3.63, 3.8) is 0 Å². The minimum atomic E-state index is -0.340. The fourth-order valence-electron chi connectivity index (χ4n) is 3.41. The van der Waals surface area contributed by atoms with Gasteiger partial charge in [0.2, 0.25) is 0 Å². The largest absolute Gasteiger partial charge is 0.455 e. The van der Waals surface area contributed by atoms with Crippen molar-refractivity contribution in [2.75, 3.05) is 5.32 Å². The first-order valence-corrected chi connectivity index (χ1v) is 10.3. The van der Waals surface area contributed by atoms with E-state index < -0.39 is 0 Å². The summed E-state index contributed by atoms with van der Waals surface area (Å²) in [4.78, 5) is 29.1. The maximum absolute atomic E-state index is 12.7. The van der Waals surface area contributed by atoms with Crippen molar-refractivity contribution in [1.82, 2.24) is 10.4 Å².